The molecule has 26 heavy (non-hydrogen) atoms. The number of benzene rings is 1. The molecule has 1 aliphatic rings. The number of ether oxygens (including phenoxy) is 1. The van der Waals surface area contributed by atoms with Gasteiger partial charge in [0.15, 0.2) is 0 Å². The molecule has 1 aromatic heterocycles. The second-order valence-electron chi connectivity index (χ2n) is 6.35. The van der Waals surface area contributed by atoms with Gasteiger partial charge >= 0.3 is 0 Å². The third-order valence-corrected chi connectivity index (χ3v) is 4.63. The molecule has 1 N–H and O–H groups in total. The van der Waals surface area contributed by atoms with Crippen molar-refractivity contribution < 1.29 is 14.3 Å². The molecule has 1 aromatic carbocycles. The highest BCUT2D eigenvalue weighted by Crippen LogP contribution is 2.25. The van der Waals surface area contributed by atoms with Crippen LogP contribution in [0.25, 0.3) is 0 Å². The number of aryl methyl sites for hydroxylation is 1. The fraction of sp³-hybridized carbons (Fsp3) is 0.350. The number of amides is 2. The molecule has 6 nitrogen and oxygen atoms in total. The Bertz CT molecular complexity index is 772. The lowest BCUT2D eigenvalue weighted by Crippen LogP contribution is -2.32. The van der Waals surface area contributed by atoms with E-state index in [1.165, 1.54) is 5.56 Å². The lowest BCUT2D eigenvalue weighted by molar-refractivity contribution is -0.126. The Balaban J connectivity index is 1.57. The molecule has 1 saturated heterocycles. The maximum atomic E-state index is 12.4. The van der Waals surface area contributed by atoms with E-state index in [0.29, 0.717) is 19.0 Å². The third kappa shape index (κ3) is 4.02. The number of rotatable bonds is 6. The number of aromatic nitrogens is 1. The maximum Gasteiger partial charge on any atom is 0.227 e. The van der Waals surface area contributed by atoms with Gasteiger partial charge < -0.3 is 15.0 Å². The van der Waals surface area contributed by atoms with Gasteiger partial charge in [-0.25, -0.2) is 4.98 Å². The molecule has 2 amide bonds. The van der Waals surface area contributed by atoms with Crippen molar-refractivity contribution in [2.75, 3.05) is 18.6 Å². The van der Waals surface area contributed by atoms with Gasteiger partial charge in [-0.1, -0.05) is 25.1 Å². The lowest BCUT2D eigenvalue weighted by Gasteiger charge is -2.17. The number of nitrogens with zero attached hydrogens (tertiary/aromatic N) is 2. The second-order valence-corrected chi connectivity index (χ2v) is 6.35. The van der Waals surface area contributed by atoms with Gasteiger partial charge in [-0.05, 0) is 29.7 Å². The molecule has 1 atom stereocenters. The summed E-state index contributed by atoms with van der Waals surface area (Å²) in [7, 11) is 1.56. The Morgan fingerprint density at radius 1 is 1.23 bits per heavy atom. The normalized spacial score (nSPS) is 16.6. The van der Waals surface area contributed by atoms with E-state index < -0.39 is 0 Å². The first-order valence-electron chi connectivity index (χ1n) is 8.76. The molecule has 0 spiro atoms. The van der Waals surface area contributed by atoms with E-state index in [-0.39, 0.29) is 24.2 Å². The first kappa shape index (κ1) is 17.9. The van der Waals surface area contributed by atoms with Crippen LogP contribution in [0.5, 0.6) is 5.88 Å². The molecule has 0 aliphatic carbocycles. The summed E-state index contributed by atoms with van der Waals surface area (Å²) < 4.78 is 5.01. The molecule has 2 heterocycles. The molecule has 0 radical (unpaired) electrons. The molecule has 1 unspecified atom stereocenters. The Labute approximate surface area is 153 Å². The van der Waals surface area contributed by atoms with Gasteiger partial charge in [0.05, 0.1) is 13.0 Å². The van der Waals surface area contributed by atoms with Crippen LogP contribution in [-0.4, -0.2) is 30.5 Å². The van der Waals surface area contributed by atoms with E-state index in [4.69, 9.17) is 4.74 Å². The minimum Gasteiger partial charge on any atom is -0.481 e. The molecule has 6 heteroatoms. The molecular formula is C20H23N3O3. The lowest BCUT2D eigenvalue weighted by atomic mass is 10.1. The quantitative estimate of drug-likeness (QED) is 0.865. The highest BCUT2D eigenvalue weighted by atomic mass is 16.5. The molecule has 0 bridgehead atoms. The standard InChI is InChI=1S/C20H23N3O3/c1-3-14-4-7-17(8-5-14)23-13-16(10-19(23)24)20(25)22-12-15-6-9-18(26-2)21-11-15/h4-9,11,16H,3,10,12-13H2,1-2H3,(H,22,25). The second kappa shape index (κ2) is 7.99. The zero-order valence-corrected chi connectivity index (χ0v) is 15.1. The summed E-state index contributed by atoms with van der Waals surface area (Å²) in [4.78, 5) is 30.5. The van der Waals surface area contributed by atoms with E-state index in [2.05, 4.69) is 17.2 Å². The van der Waals surface area contributed by atoms with Crippen LogP contribution in [-0.2, 0) is 22.6 Å². The molecule has 136 valence electrons. The van der Waals surface area contributed by atoms with Gasteiger partial charge in [-0.15, -0.1) is 0 Å². The summed E-state index contributed by atoms with van der Waals surface area (Å²) in [6.45, 7) is 2.89. The van der Waals surface area contributed by atoms with Gasteiger partial charge in [0.25, 0.3) is 0 Å². The smallest absolute Gasteiger partial charge is 0.227 e. The van der Waals surface area contributed by atoms with Crippen LogP contribution in [0.4, 0.5) is 5.69 Å². The maximum absolute atomic E-state index is 12.4. The molecule has 1 fully saturated rings. The average molecular weight is 353 g/mol. The summed E-state index contributed by atoms with van der Waals surface area (Å²) in [5, 5.41) is 2.89. The Morgan fingerprint density at radius 3 is 2.58 bits per heavy atom. The number of pyridine rings is 1. The third-order valence-electron chi connectivity index (χ3n) is 4.63. The van der Waals surface area contributed by atoms with E-state index >= 15 is 0 Å². The van der Waals surface area contributed by atoms with E-state index in [9.17, 15) is 9.59 Å². The highest BCUT2D eigenvalue weighted by Gasteiger charge is 2.34. The minimum absolute atomic E-state index is 0.0134. The zero-order valence-electron chi connectivity index (χ0n) is 15.1. The Hall–Kier alpha value is -2.89. The van der Waals surface area contributed by atoms with Crippen LogP contribution in [0.2, 0.25) is 0 Å². The zero-order chi connectivity index (χ0) is 18.5. The average Bonchev–Trinajstić information content (AvgIpc) is 3.08. The number of nitrogens with one attached hydrogen (secondary N) is 1. The number of carbonyl (C=O) groups is 2. The Morgan fingerprint density at radius 2 is 1.96 bits per heavy atom. The van der Waals surface area contributed by atoms with Gasteiger partial charge in [0.2, 0.25) is 17.7 Å². The molecule has 0 saturated carbocycles. The van der Waals surface area contributed by atoms with Crippen molar-refractivity contribution in [3.63, 3.8) is 0 Å². The van der Waals surface area contributed by atoms with Crippen molar-refractivity contribution in [2.45, 2.75) is 26.3 Å². The van der Waals surface area contributed by atoms with Crippen molar-refractivity contribution in [3.8, 4) is 5.88 Å². The van der Waals surface area contributed by atoms with Gasteiger partial charge in [0.1, 0.15) is 0 Å². The van der Waals surface area contributed by atoms with E-state index in [0.717, 1.165) is 17.7 Å². The minimum atomic E-state index is -0.334. The predicted molar refractivity (Wildman–Crippen MR) is 98.9 cm³/mol. The molecule has 1 aliphatic heterocycles. The van der Waals surface area contributed by atoms with Crippen molar-refractivity contribution in [2.24, 2.45) is 5.92 Å². The monoisotopic (exact) mass is 353 g/mol. The summed E-state index contributed by atoms with van der Waals surface area (Å²) in [6.07, 6.45) is 2.86. The van der Waals surface area contributed by atoms with Crippen molar-refractivity contribution in [3.05, 3.63) is 53.7 Å². The fourth-order valence-electron chi connectivity index (χ4n) is 3.01. The van der Waals surface area contributed by atoms with Crippen LogP contribution in [0.1, 0.15) is 24.5 Å². The van der Waals surface area contributed by atoms with Gasteiger partial charge in [-0.3, -0.25) is 9.59 Å². The number of hydrogen-bond donors (Lipinski definition) is 1. The summed E-state index contributed by atoms with van der Waals surface area (Å²) in [5.74, 6) is 0.0770. The van der Waals surface area contributed by atoms with E-state index in [1.54, 1.807) is 24.3 Å². The summed E-state index contributed by atoms with van der Waals surface area (Å²) >= 11 is 0. The summed E-state index contributed by atoms with van der Waals surface area (Å²) in [6, 6.07) is 11.5. The SMILES string of the molecule is CCc1ccc(N2CC(C(=O)NCc3ccc(OC)nc3)CC2=O)cc1. The Kier molecular flexibility index (Phi) is 5.51. The van der Waals surface area contributed by atoms with Gasteiger partial charge in [-0.2, -0.15) is 0 Å². The van der Waals surface area contributed by atoms with Crippen molar-refractivity contribution >= 4 is 17.5 Å². The van der Waals surface area contributed by atoms with Crippen LogP contribution < -0.4 is 15.0 Å². The van der Waals surface area contributed by atoms with Crippen LogP contribution >= 0.6 is 0 Å². The number of anilines is 1. The topological polar surface area (TPSA) is 71.5 Å². The number of carbonyl (C=O) groups excluding carboxylic acids is 2. The van der Waals surface area contributed by atoms with Gasteiger partial charge in [0, 0.05) is 37.5 Å². The number of methoxy groups -OCH3 is 1. The molecule has 3 rings (SSSR count). The molecular weight excluding hydrogens is 330 g/mol. The van der Waals surface area contributed by atoms with Crippen molar-refractivity contribution in [1.29, 1.82) is 0 Å². The largest absolute Gasteiger partial charge is 0.481 e. The first-order chi connectivity index (χ1) is 12.6. The van der Waals surface area contributed by atoms with Crippen LogP contribution in [0, 0.1) is 5.92 Å². The molecule has 2 aromatic rings. The summed E-state index contributed by atoms with van der Waals surface area (Å²) in [5.41, 5.74) is 2.96. The fourth-order valence-corrected chi connectivity index (χ4v) is 3.01. The van der Waals surface area contributed by atoms with E-state index in [1.807, 2.05) is 30.3 Å². The predicted octanol–water partition coefficient (Wildman–Crippen LogP) is 2.32. The van der Waals surface area contributed by atoms with Crippen molar-refractivity contribution in [1.82, 2.24) is 10.3 Å². The highest BCUT2D eigenvalue weighted by molar-refractivity contribution is 6.00. The number of hydrogen-bond acceptors (Lipinski definition) is 4. The first-order valence-corrected chi connectivity index (χ1v) is 8.76. The van der Waals surface area contributed by atoms with Crippen LogP contribution in [0.3, 0.4) is 0 Å². The van der Waals surface area contributed by atoms with Crippen LogP contribution in [0.15, 0.2) is 42.6 Å².